The fraction of sp³-hybridized carbons (Fsp3) is 0.294. The quantitative estimate of drug-likeness (QED) is 0.663. The monoisotopic (exact) mass is 306 g/mol. The van der Waals surface area contributed by atoms with E-state index in [2.05, 4.69) is 16.4 Å². The van der Waals surface area contributed by atoms with Crippen molar-refractivity contribution >= 4 is 9.47 Å². The van der Waals surface area contributed by atoms with Crippen LogP contribution < -0.4 is 14.0 Å². The van der Waals surface area contributed by atoms with E-state index in [4.69, 9.17) is 14.0 Å². The van der Waals surface area contributed by atoms with E-state index in [1.165, 1.54) is 0 Å². The summed E-state index contributed by atoms with van der Waals surface area (Å²) < 4.78 is 16.7. The van der Waals surface area contributed by atoms with E-state index in [1.807, 2.05) is 62.4 Å². The van der Waals surface area contributed by atoms with Gasteiger partial charge in [0.2, 0.25) is 0 Å². The van der Waals surface area contributed by atoms with Gasteiger partial charge in [-0.2, -0.15) is 0 Å². The third-order valence-corrected chi connectivity index (χ3v) is 2.76. The largest absolute Gasteiger partial charge is 0.490 e. The van der Waals surface area contributed by atoms with Crippen LogP contribution >= 0.6 is 9.47 Å². The Balaban J connectivity index is 0.00000106. The zero-order valence-electron chi connectivity index (χ0n) is 12.8. The highest BCUT2D eigenvalue weighted by molar-refractivity contribution is 7.10. The summed E-state index contributed by atoms with van der Waals surface area (Å²) in [6.45, 7) is 6.74. The van der Waals surface area contributed by atoms with Crippen molar-refractivity contribution in [1.82, 2.24) is 0 Å². The molecule has 114 valence electrons. The van der Waals surface area contributed by atoms with Crippen LogP contribution in [0.4, 0.5) is 0 Å². The van der Waals surface area contributed by atoms with E-state index < -0.39 is 0 Å². The van der Waals surface area contributed by atoms with Gasteiger partial charge in [-0.05, 0) is 30.7 Å². The zero-order chi connectivity index (χ0) is 15.5. The van der Waals surface area contributed by atoms with Gasteiger partial charge in [-0.25, -0.2) is 0 Å². The van der Waals surface area contributed by atoms with Gasteiger partial charge in [0.15, 0.2) is 23.0 Å². The minimum Gasteiger partial charge on any atom is -0.490 e. The molecule has 0 aliphatic carbocycles. The number of hydrogen-bond donors (Lipinski definition) is 0. The molecule has 1 unspecified atom stereocenters. The van der Waals surface area contributed by atoms with Crippen LogP contribution in [0.15, 0.2) is 48.5 Å². The maximum absolute atomic E-state index is 5.87. The molecule has 4 heteroatoms. The maximum Gasteiger partial charge on any atom is 0.169 e. The van der Waals surface area contributed by atoms with E-state index in [-0.39, 0.29) is 0 Å². The van der Waals surface area contributed by atoms with Crippen LogP contribution in [0, 0.1) is 0 Å². The van der Waals surface area contributed by atoms with Crippen LogP contribution in [0.1, 0.15) is 27.2 Å². The second-order valence-corrected chi connectivity index (χ2v) is 4.20. The fourth-order valence-electron chi connectivity index (χ4n) is 1.62. The molecule has 1 atom stereocenters. The highest BCUT2D eigenvalue weighted by Crippen LogP contribution is 2.36. The number of para-hydroxylation sites is 4. The van der Waals surface area contributed by atoms with Crippen LogP contribution in [-0.2, 0) is 0 Å². The first-order valence-corrected chi connectivity index (χ1v) is 7.67. The van der Waals surface area contributed by atoms with Crippen molar-refractivity contribution in [3.63, 3.8) is 0 Å². The summed E-state index contributed by atoms with van der Waals surface area (Å²) in [4.78, 5) is 0. The average Bonchev–Trinajstić information content (AvgIpc) is 2.56. The standard InChI is InChI=1S/C15H17O3P.C2H6/c1-2-11-16-12-7-3-4-8-13(12)17-14-9-5-6-10-15(14)18-19;1-2/h3-10H,2,11,19H2,1H3;1-2H3. The first-order valence-electron chi connectivity index (χ1n) is 7.20. The van der Waals surface area contributed by atoms with Gasteiger partial charge in [-0.15, -0.1) is 0 Å². The van der Waals surface area contributed by atoms with E-state index in [0.717, 1.165) is 12.2 Å². The molecule has 0 saturated carbocycles. The Morgan fingerprint density at radius 3 is 1.81 bits per heavy atom. The number of rotatable bonds is 6. The molecule has 0 heterocycles. The molecule has 0 fully saturated rings. The maximum atomic E-state index is 5.87. The minimum absolute atomic E-state index is 0.657. The summed E-state index contributed by atoms with van der Waals surface area (Å²) >= 11 is 0. The Morgan fingerprint density at radius 2 is 1.29 bits per heavy atom. The van der Waals surface area contributed by atoms with Crippen LogP contribution in [0.3, 0.4) is 0 Å². The summed E-state index contributed by atoms with van der Waals surface area (Å²) in [5.74, 6) is 2.75. The molecule has 2 aromatic carbocycles. The lowest BCUT2D eigenvalue weighted by Gasteiger charge is -2.13. The molecule has 0 aliphatic rings. The number of ether oxygens (including phenoxy) is 2. The third-order valence-electron chi connectivity index (χ3n) is 2.51. The fourth-order valence-corrected chi connectivity index (χ4v) is 1.81. The van der Waals surface area contributed by atoms with Crippen molar-refractivity contribution in [3.05, 3.63) is 48.5 Å². The van der Waals surface area contributed by atoms with Gasteiger partial charge < -0.3 is 14.0 Å². The Kier molecular flexibility index (Phi) is 8.30. The van der Waals surface area contributed by atoms with Crippen LogP contribution in [0.2, 0.25) is 0 Å². The van der Waals surface area contributed by atoms with Crippen molar-refractivity contribution in [1.29, 1.82) is 0 Å². The van der Waals surface area contributed by atoms with Gasteiger partial charge in [0.25, 0.3) is 0 Å². The van der Waals surface area contributed by atoms with Crippen LogP contribution in [0.25, 0.3) is 0 Å². The van der Waals surface area contributed by atoms with Crippen molar-refractivity contribution in [3.8, 4) is 23.0 Å². The lowest BCUT2D eigenvalue weighted by molar-refractivity contribution is 0.301. The Morgan fingerprint density at radius 1 is 0.810 bits per heavy atom. The molecule has 0 radical (unpaired) electrons. The average molecular weight is 306 g/mol. The first-order chi connectivity index (χ1) is 10.3. The number of hydrogen-bond acceptors (Lipinski definition) is 3. The normalized spacial score (nSPS) is 9.33. The summed E-state index contributed by atoms with van der Waals surface area (Å²) in [5, 5.41) is 0. The third kappa shape index (κ3) is 5.28. The van der Waals surface area contributed by atoms with Gasteiger partial charge >= 0.3 is 0 Å². The molecule has 3 nitrogen and oxygen atoms in total. The van der Waals surface area contributed by atoms with Gasteiger partial charge in [-0.1, -0.05) is 45.0 Å². The van der Waals surface area contributed by atoms with Gasteiger partial charge in [-0.3, -0.25) is 0 Å². The van der Waals surface area contributed by atoms with E-state index in [0.29, 0.717) is 23.9 Å². The van der Waals surface area contributed by atoms with Gasteiger partial charge in [0.1, 0.15) is 0 Å². The Labute approximate surface area is 129 Å². The molecule has 2 aromatic rings. The van der Waals surface area contributed by atoms with Crippen molar-refractivity contribution in [2.45, 2.75) is 27.2 Å². The highest BCUT2D eigenvalue weighted by Gasteiger charge is 2.08. The molecule has 0 aliphatic heterocycles. The van der Waals surface area contributed by atoms with Crippen molar-refractivity contribution in [2.75, 3.05) is 6.61 Å². The molecule has 0 N–H and O–H groups in total. The SMILES string of the molecule is CC.CCCOc1ccccc1Oc1ccccc1OP. The molecule has 2 rings (SSSR count). The van der Waals surface area contributed by atoms with Crippen LogP contribution in [0.5, 0.6) is 23.0 Å². The topological polar surface area (TPSA) is 27.7 Å². The molecule has 0 bridgehead atoms. The van der Waals surface area contributed by atoms with Gasteiger partial charge in [0, 0.05) is 0 Å². The molecule has 0 saturated heterocycles. The first kappa shape index (κ1) is 17.3. The molecule has 0 amide bonds. The van der Waals surface area contributed by atoms with Crippen molar-refractivity contribution < 1.29 is 14.0 Å². The molecular formula is C17H23O3P. The predicted molar refractivity (Wildman–Crippen MR) is 90.4 cm³/mol. The van der Waals surface area contributed by atoms with E-state index >= 15 is 0 Å². The molecule has 0 aromatic heterocycles. The van der Waals surface area contributed by atoms with E-state index in [1.54, 1.807) is 0 Å². The number of benzene rings is 2. The smallest absolute Gasteiger partial charge is 0.169 e. The zero-order valence-corrected chi connectivity index (χ0v) is 14.0. The minimum atomic E-state index is 0.657. The highest BCUT2D eigenvalue weighted by atomic mass is 31.0. The Bertz CT molecular complexity index is 529. The van der Waals surface area contributed by atoms with Crippen molar-refractivity contribution in [2.24, 2.45) is 0 Å². The lowest BCUT2D eigenvalue weighted by atomic mass is 10.3. The van der Waals surface area contributed by atoms with E-state index in [9.17, 15) is 0 Å². The predicted octanol–water partition coefficient (Wildman–Crippen LogP) is 5.46. The Hall–Kier alpha value is -1.73. The summed E-state index contributed by atoms with van der Waals surface area (Å²) in [6.07, 6.45) is 0.958. The van der Waals surface area contributed by atoms with Gasteiger partial charge in [0.05, 0.1) is 16.1 Å². The molecule has 0 spiro atoms. The second-order valence-electron chi connectivity index (χ2n) is 3.96. The molecular weight excluding hydrogens is 283 g/mol. The second kappa shape index (κ2) is 10.1. The molecule has 21 heavy (non-hydrogen) atoms. The summed E-state index contributed by atoms with van der Waals surface area (Å²) in [5.41, 5.74) is 0. The summed E-state index contributed by atoms with van der Waals surface area (Å²) in [7, 11) is 2.22. The summed E-state index contributed by atoms with van der Waals surface area (Å²) in [6, 6.07) is 15.1. The van der Waals surface area contributed by atoms with Crippen LogP contribution in [-0.4, -0.2) is 6.61 Å². The lowest BCUT2D eigenvalue weighted by Crippen LogP contribution is -1.97.